The molecule has 0 radical (unpaired) electrons. The Morgan fingerprint density at radius 1 is 0.964 bits per heavy atom. The fourth-order valence-electron chi connectivity index (χ4n) is 5.88. The van der Waals surface area contributed by atoms with Crippen molar-refractivity contribution in [2.24, 2.45) is 0 Å². The van der Waals surface area contributed by atoms with Crippen LogP contribution in [0.2, 0.25) is 0 Å². The number of carbonyl (C=O) groups is 7. The Hall–Kier alpha value is -4.97. The number of nitrogens with zero attached hydrogens (tertiary/aromatic N) is 2. The SMILES string of the molecule is COC(=O)[C@]1(OP(=O)(O)OC[C@H]2O[C@@H](n3ccc(NC(C)=O)nc3=O)[C@H](OC(C)=O)[C@@H]2OC(C)=O)C[C@H](NC(=O)C(F)(F)F)[C@@H](NC(C)=O)[C@H](OC(C)=O)C1. The summed E-state index contributed by atoms with van der Waals surface area (Å²) in [4.78, 5) is 112. The molecule has 2 fully saturated rings. The van der Waals surface area contributed by atoms with Crippen LogP contribution in [0, 0.1) is 0 Å². The van der Waals surface area contributed by atoms with E-state index in [2.05, 4.69) is 15.6 Å². The van der Waals surface area contributed by atoms with Crippen molar-refractivity contribution in [2.45, 2.75) is 102 Å². The number of hydrogen-bond donors (Lipinski definition) is 4. The van der Waals surface area contributed by atoms with Crippen molar-refractivity contribution < 1.29 is 88.9 Å². The molecule has 1 aromatic heterocycles. The molecule has 4 N–H and O–H groups in total. The number of phosphoric acid groups is 1. The Morgan fingerprint density at radius 3 is 2.07 bits per heavy atom. The maximum atomic E-state index is 13.6. The summed E-state index contributed by atoms with van der Waals surface area (Å²) in [7, 11) is -4.92. The highest BCUT2D eigenvalue weighted by Gasteiger charge is 2.59. The Kier molecular flexibility index (Phi) is 14.3. The molecule has 9 atom stereocenters. The molecule has 1 saturated heterocycles. The Morgan fingerprint density at radius 2 is 1.56 bits per heavy atom. The Labute approximate surface area is 308 Å². The minimum Gasteiger partial charge on any atom is -0.467 e. The fraction of sp³-hybridized carbons (Fsp3) is 0.621. The van der Waals surface area contributed by atoms with Gasteiger partial charge in [0.15, 0.2) is 24.0 Å². The van der Waals surface area contributed by atoms with Crippen molar-refractivity contribution in [1.82, 2.24) is 20.2 Å². The molecule has 1 aromatic rings. The van der Waals surface area contributed by atoms with Crippen molar-refractivity contribution >= 4 is 55.2 Å². The average molecular weight is 816 g/mol. The summed E-state index contributed by atoms with van der Waals surface area (Å²) in [6, 6.07) is -2.46. The van der Waals surface area contributed by atoms with Gasteiger partial charge >= 0.3 is 49.5 Å². The predicted molar refractivity (Wildman–Crippen MR) is 170 cm³/mol. The molecule has 1 saturated carbocycles. The summed E-state index contributed by atoms with van der Waals surface area (Å²) >= 11 is 0. The monoisotopic (exact) mass is 815 g/mol. The molecular weight excluding hydrogens is 778 g/mol. The summed E-state index contributed by atoms with van der Waals surface area (Å²) in [5.41, 5.74) is -3.90. The second-order valence-electron chi connectivity index (χ2n) is 12.1. The van der Waals surface area contributed by atoms with Crippen LogP contribution in [0.25, 0.3) is 0 Å². The number of nitrogens with one attached hydrogen (secondary N) is 3. The molecule has 1 aliphatic heterocycles. The number of aromatic nitrogens is 2. The highest BCUT2D eigenvalue weighted by molar-refractivity contribution is 7.47. The molecule has 3 amide bonds. The van der Waals surface area contributed by atoms with Gasteiger partial charge < -0.3 is 44.5 Å². The lowest BCUT2D eigenvalue weighted by Crippen LogP contribution is -2.67. The first-order valence-electron chi connectivity index (χ1n) is 15.8. The first-order chi connectivity index (χ1) is 25.4. The van der Waals surface area contributed by atoms with Gasteiger partial charge in [-0.15, -0.1) is 0 Å². The van der Waals surface area contributed by atoms with E-state index in [1.54, 1.807) is 5.32 Å². The number of anilines is 1. The molecule has 3 rings (SSSR count). The lowest BCUT2D eigenvalue weighted by Gasteiger charge is -2.46. The number of rotatable bonds is 13. The molecule has 0 bridgehead atoms. The van der Waals surface area contributed by atoms with Gasteiger partial charge in [0, 0.05) is 53.7 Å². The molecule has 2 heterocycles. The summed E-state index contributed by atoms with van der Waals surface area (Å²) < 4.78 is 90.9. The average Bonchev–Trinajstić information content (AvgIpc) is 3.34. The quantitative estimate of drug-likeness (QED) is 0.109. The molecule has 22 nitrogen and oxygen atoms in total. The van der Waals surface area contributed by atoms with Gasteiger partial charge in [0.2, 0.25) is 11.8 Å². The summed E-state index contributed by atoms with van der Waals surface area (Å²) in [5, 5.41) is 6.07. The van der Waals surface area contributed by atoms with Crippen LogP contribution in [0.3, 0.4) is 0 Å². The lowest BCUT2D eigenvalue weighted by molar-refractivity contribution is -0.183. The smallest absolute Gasteiger partial charge is 0.467 e. The Balaban J connectivity index is 2.01. The first-order valence-corrected chi connectivity index (χ1v) is 17.3. The zero-order valence-electron chi connectivity index (χ0n) is 29.8. The molecule has 26 heteroatoms. The van der Waals surface area contributed by atoms with E-state index < -0.39 is 129 Å². The highest BCUT2D eigenvalue weighted by Crippen LogP contribution is 2.52. The maximum absolute atomic E-state index is 13.6. The van der Waals surface area contributed by atoms with Crippen LogP contribution >= 0.6 is 7.82 Å². The first kappa shape index (κ1) is 44.4. The van der Waals surface area contributed by atoms with Crippen molar-refractivity contribution in [3.05, 3.63) is 22.7 Å². The zero-order chi connectivity index (χ0) is 41.6. The third-order valence-electron chi connectivity index (χ3n) is 7.72. The van der Waals surface area contributed by atoms with E-state index in [-0.39, 0.29) is 5.82 Å². The van der Waals surface area contributed by atoms with Crippen molar-refractivity contribution in [1.29, 1.82) is 0 Å². The van der Waals surface area contributed by atoms with Crippen LogP contribution in [0.5, 0.6) is 0 Å². The second-order valence-corrected chi connectivity index (χ2v) is 13.5. The third-order valence-corrected chi connectivity index (χ3v) is 8.78. The van der Waals surface area contributed by atoms with Gasteiger partial charge in [0.25, 0.3) is 0 Å². The second kappa shape index (κ2) is 17.7. The van der Waals surface area contributed by atoms with Crippen LogP contribution in [0.1, 0.15) is 53.7 Å². The number of amides is 3. The van der Waals surface area contributed by atoms with Crippen LogP contribution < -0.4 is 21.6 Å². The van der Waals surface area contributed by atoms with Crippen LogP contribution in [-0.4, -0.2) is 118 Å². The fourth-order valence-corrected chi connectivity index (χ4v) is 6.93. The summed E-state index contributed by atoms with van der Waals surface area (Å²) in [6.45, 7) is 3.75. The number of methoxy groups -OCH3 is 1. The molecule has 55 heavy (non-hydrogen) atoms. The van der Waals surface area contributed by atoms with Gasteiger partial charge in [-0.3, -0.25) is 42.4 Å². The van der Waals surface area contributed by atoms with Gasteiger partial charge in [-0.25, -0.2) is 14.2 Å². The topological polar surface area (TPSA) is 292 Å². The van der Waals surface area contributed by atoms with E-state index in [0.29, 0.717) is 0 Å². The molecule has 1 aliphatic carbocycles. The highest BCUT2D eigenvalue weighted by atomic mass is 31.2. The zero-order valence-corrected chi connectivity index (χ0v) is 30.7. The van der Waals surface area contributed by atoms with E-state index in [1.807, 2.05) is 0 Å². The van der Waals surface area contributed by atoms with E-state index in [0.717, 1.165) is 58.6 Å². The number of halogens is 3. The molecule has 0 spiro atoms. The standard InChI is InChI=1S/C29H37F3N5O17P/c1-12(38)33-20-7-8-37(27(45)36-20)24-23(52-16(5)42)22(51-15(4)41)19(53-24)11-49-55(46,47)54-28(26(44)48-6)9-17(35-25(43)29(30,31)32)21(34-13(2)39)18(10-28)50-14(3)40/h7-8,17-19,21-24H,9-11H2,1-6H3,(H,34,39)(H,35,43)(H,46,47)(H,33,36,38,45)/t17-,18+,19+,21+,22+,23+,24+,28-/m0/s1. The van der Waals surface area contributed by atoms with Gasteiger partial charge in [0.1, 0.15) is 18.0 Å². The van der Waals surface area contributed by atoms with Gasteiger partial charge in [0.05, 0.1) is 25.8 Å². The van der Waals surface area contributed by atoms with Crippen molar-refractivity contribution in [3.8, 4) is 0 Å². The lowest BCUT2D eigenvalue weighted by atomic mass is 9.76. The number of carbonyl (C=O) groups excluding carboxylic acids is 7. The van der Waals surface area contributed by atoms with Crippen LogP contribution in [0.4, 0.5) is 19.0 Å². The van der Waals surface area contributed by atoms with E-state index in [1.165, 1.54) is 0 Å². The van der Waals surface area contributed by atoms with Crippen molar-refractivity contribution in [3.63, 3.8) is 0 Å². The third kappa shape index (κ3) is 11.8. The molecule has 2 aliphatic rings. The largest absolute Gasteiger partial charge is 0.473 e. The normalized spacial score (nSPS) is 27.4. The molecule has 0 aromatic carbocycles. The molecule has 306 valence electrons. The van der Waals surface area contributed by atoms with Gasteiger partial charge in [-0.1, -0.05) is 0 Å². The van der Waals surface area contributed by atoms with E-state index >= 15 is 0 Å². The Bertz CT molecular complexity index is 1790. The van der Waals surface area contributed by atoms with E-state index in [4.69, 9.17) is 32.7 Å². The minimum atomic E-state index is -5.69. The van der Waals surface area contributed by atoms with Gasteiger partial charge in [-0.2, -0.15) is 18.2 Å². The molecule has 1 unspecified atom stereocenters. The summed E-state index contributed by atoms with van der Waals surface area (Å²) in [5.74, 6) is -8.74. The summed E-state index contributed by atoms with van der Waals surface area (Å²) in [6.07, 6.45) is -14.9. The van der Waals surface area contributed by atoms with Gasteiger partial charge in [-0.05, 0) is 6.07 Å². The minimum absolute atomic E-state index is 0.174. The number of hydrogen-bond acceptors (Lipinski definition) is 17. The number of phosphoric ester groups is 1. The number of esters is 4. The van der Waals surface area contributed by atoms with Crippen molar-refractivity contribution in [2.75, 3.05) is 19.0 Å². The number of ether oxygens (including phenoxy) is 5. The predicted octanol–water partition coefficient (Wildman–Crippen LogP) is -0.715. The number of alkyl halides is 3. The van der Waals surface area contributed by atoms with Crippen LogP contribution in [0.15, 0.2) is 17.1 Å². The van der Waals surface area contributed by atoms with E-state index in [9.17, 15) is 61.0 Å². The maximum Gasteiger partial charge on any atom is 0.473 e. The molecular formula is C29H37F3N5O17P. The van der Waals surface area contributed by atoms with Crippen LogP contribution in [-0.2, 0) is 70.9 Å².